The molecule has 0 saturated carbocycles. The predicted octanol–water partition coefficient (Wildman–Crippen LogP) is 4.45. The van der Waals surface area contributed by atoms with E-state index in [-0.39, 0.29) is 24.4 Å². The summed E-state index contributed by atoms with van der Waals surface area (Å²) >= 11 is 0. The number of methoxy groups -OCH3 is 1. The number of hydrogen-bond donors (Lipinski definition) is 0. The van der Waals surface area contributed by atoms with E-state index < -0.39 is 12.1 Å². The van der Waals surface area contributed by atoms with Gasteiger partial charge < -0.3 is 18.9 Å². The second kappa shape index (κ2) is 12.4. The van der Waals surface area contributed by atoms with Crippen LogP contribution in [-0.4, -0.2) is 45.0 Å². The lowest BCUT2D eigenvalue weighted by Crippen LogP contribution is -2.28. The normalized spacial score (nSPS) is 19.4. The maximum absolute atomic E-state index is 12.0. The van der Waals surface area contributed by atoms with Gasteiger partial charge in [-0.05, 0) is 41.5 Å². The average molecular weight is 420 g/mol. The molecule has 1 aliphatic rings. The van der Waals surface area contributed by atoms with E-state index in [0.29, 0.717) is 26.2 Å². The van der Waals surface area contributed by atoms with Crippen LogP contribution in [0.1, 0.15) is 44.7 Å². The minimum atomic E-state index is -0.539. The van der Waals surface area contributed by atoms with Crippen molar-refractivity contribution >= 4 is 5.97 Å². The minimum Gasteiger partial charge on any atom is -0.493 e. The van der Waals surface area contributed by atoms with Crippen molar-refractivity contribution in [3.63, 3.8) is 0 Å². The van der Waals surface area contributed by atoms with Gasteiger partial charge in [0.25, 0.3) is 0 Å². The Morgan fingerprint density at radius 3 is 2.77 bits per heavy atom. The highest BCUT2D eigenvalue weighted by Gasteiger charge is 2.40. The van der Waals surface area contributed by atoms with Crippen molar-refractivity contribution < 1.29 is 23.7 Å². The summed E-state index contributed by atoms with van der Waals surface area (Å²) in [4.78, 5) is 14.9. The molecule has 0 aliphatic carbocycles. The molecule has 1 saturated heterocycles. The number of ether oxygens (including phenoxy) is 4. The first-order valence-corrected chi connectivity index (χ1v) is 10.6. The van der Waals surface area contributed by atoms with Crippen LogP contribution in [0.4, 0.5) is 0 Å². The van der Waals surface area contributed by atoms with Crippen molar-refractivity contribution in [1.29, 1.82) is 0 Å². The van der Waals surface area contributed by atoms with Gasteiger partial charge in [-0.1, -0.05) is 38.0 Å². The molecule has 1 aromatic carbocycles. The van der Waals surface area contributed by atoms with Crippen molar-refractivity contribution in [2.24, 2.45) is 17.0 Å². The van der Waals surface area contributed by atoms with Crippen LogP contribution in [0.15, 0.2) is 23.3 Å². The molecule has 1 aliphatic heterocycles. The lowest BCUT2D eigenvalue weighted by molar-refractivity contribution is -0.146. The molecule has 8 nitrogen and oxygen atoms in total. The van der Waals surface area contributed by atoms with E-state index in [1.54, 1.807) is 7.11 Å². The first kappa shape index (κ1) is 24.0. The number of rotatable bonds is 13. The second-order valence-electron chi connectivity index (χ2n) is 7.84. The molecule has 8 heteroatoms. The smallest absolute Gasteiger partial charge is 0.309 e. The summed E-state index contributed by atoms with van der Waals surface area (Å²) < 4.78 is 22.2. The van der Waals surface area contributed by atoms with Gasteiger partial charge >= 0.3 is 5.97 Å². The molecule has 2 rings (SSSR count). The van der Waals surface area contributed by atoms with Gasteiger partial charge in [0.2, 0.25) is 0 Å². The van der Waals surface area contributed by atoms with E-state index in [2.05, 4.69) is 16.9 Å². The van der Waals surface area contributed by atoms with Crippen LogP contribution in [0.25, 0.3) is 10.4 Å². The highest BCUT2D eigenvalue weighted by atomic mass is 16.6. The number of aryl methyl sites for hydroxylation is 1. The van der Waals surface area contributed by atoms with Crippen molar-refractivity contribution in [2.75, 3.05) is 26.9 Å². The summed E-state index contributed by atoms with van der Waals surface area (Å²) in [7, 11) is 1.68. The summed E-state index contributed by atoms with van der Waals surface area (Å²) in [6, 6.07) is 5.50. The highest BCUT2D eigenvalue weighted by molar-refractivity contribution is 5.75. The Hall–Kier alpha value is -2.28. The first-order chi connectivity index (χ1) is 14.5. The third kappa shape index (κ3) is 6.90. The molecule has 0 radical (unpaired) electrons. The zero-order chi connectivity index (χ0) is 21.9. The van der Waals surface area contributed by atoms with E-state index in [0.717, 1.165) is 29.7 Å². The van der Waals surface area contributed by atoms with Crippen LogP contribution < -0.4 is 4.74 Å². The van der Waals surface area contributed by atoms with Crippen LogP contribution in [0.3, 0.4) is 0 Å². The number of nitrogens with zero attached hydrogens (tertiary/aromatic N) is 3. The van der Waals surface area contributed by atoms with Crippen LogP contribution in [0.2, 0.25) is 0 Å². The number of carbonyl (C=O) groups is 1. The standard InChI is InChI=1S/C22H33N3O5/c1-5-17-8-7-16(11-20(17)29-10-6-9-27-4)13-28-14-19(24-25-23)21-12-18(15(2)3)22(26)30-21/h7-8,11,15,18-19,21H,5-6,9-10,12-14H2,1-4H3/t18-,19-,21?/m0/s1. The quantitative estimate of drug-likeness (QED) is 0.154. The number of hydrogen-bond acceptors (Lipinski definition) is 6. The van der Waals surface area contributed by atoms with Crippen molar-refractivity contribution in [1.82, 2.24) is 0 Å². The summed E-state index contributed by atoms with van der Waals surface area (Å²) in [5.74, 6) is 0.657. The Labute approximate surface area is 178 Å². The van der Waals surface area contributed by atoms with E-state index in [1.165, 1.54) is 0 Å². The van der Waals surface area contributed by atoms with Crippen molar-refractivity contribution in [2.45, 2.75) is 58.8 Å². The van der Waals surface area contributed by atoms with Gasteiger partial charge in [-0.15, -0.1) is 0 Å². The van der Waals surface area contributed by atoms with E-state index >= 15 is 0 Å². The van der Waals surface area contributed by atoms with Crippen LogP contribution in [0.5, 0.6) is 5.75 Å². The molecule has 0 bridgehead atoms. The molecule has 0 amide bonds. The van der Waals surface area contributed by atoms with Gasteiger partial charge in [0, 0.05) is 25.0 Å². The maximum atomic E-state index is 12.0. The zero-order valence-corrected chi connectivity index (χ0v) is 18.4. The number of azide groups is 1. The minimum absolute atomic E-state index is 0.161. The molecule has 1 aromatic rings. The number of cyclic esters (lactones) is 1. The fourth-order valence-electron chi connectivity index (χ4n) is 3.49. The van der Waals surface area contributed by atoms with E-state index in [1.807, 2.05) is 32.0 Å². The zero-order valence-electron chi connectivity index (χ0n) is 18.4. The molecule has 30 heavy (non-hydrogen) atoms. The Morgan fingerprint density at radius 2 is 2.13 bits per heavy atom. The Balaban J connectivity index is 1.93. The van der Waals surface area contributed by atoms with E-state index in [4.69, 9.17) is 24.5 Å². The summed E-state index contributed by atoms with van der Waals surface area (Å²) in [6.45, 7) is 7.86. The van der Waals surface area contributed by atoms with Gasteiger partial charge in [0.15, 0.2) is 0 Å². The molecule has 3 atom stereocenters. The third-order valence-corrected chi connectivity index (χ3v) is 5.31. The molecular weight excluding hydrogens is 386 g/mol. The van der Waals surface area contributed by atoms with Gasteiger partial charge in [-0.3, -0.25) is 4.79 Å². The van der Waals surface area contributed by atoms with Crippen LogP contribution in [-0.2, 0) is 32.0 Å². The van der Waals surface area contributed by atoms with Gasteiger partial charge in [-0.2, -0.15) is 0 Å². The fourth-order valence-corrected chi connectivity index (χ4v) is 3.49. The van der Waals surface area contributed by atoms with Gasteiger partial charge in [0.05, 0.1) is 31.8 Å². The average Bonchev–Trinajstić information content (AvgIpc) is 3.12. The Morgan fingerprint density at radius 1 is 1.33 bits per heavy atom. The van der Waals surface area contributed by atoms with Crippen LogP contribution in [0, 0.1) is 11.8 Å². The Kier molecular flexibility index (Phi) is 9.94. The predicted molar refractivity (Wildman–Crippen MR) is 113 cm³/mol. The second-order valence-corrected chi connectivity index (χ2v) is 7.84. The van der Waals surface area contributed by atoms with E-state index in [9.17, 15) is 4.79 Å². The monoisotopic (exact) mass is 419 g/mol. The molecule has 0 spiro atoms. The lowest BCUT2D eigenvalue weighted by Gasteiger charge is -2.18. The largest absolute Gasteiger partial charge is 0.493 e. The summed E-state index contributed by atoms with van der Waals surface area (Å²) in [6.07, 6.45) is 1.81. The molecule has 1 fully saturated rings. The lowest BCUT2D eigenvalue weighted by atomic mass is 9.91. The van der Waals surface area contributed by atoms with Gasteiger partial charge in [0.1, 0.15) is 11.9 Å². The van der Waals surface area contributed by atoms with Crippen molar-refractivity contribution in [3.8, 4) is 5.75 Å². The third-order valence-electron chi connectivity index (χ3n) is 5.31. The van der Waals surface area contributed by atoms with Gasteiger partial charge in [-0.25, -0.2) is 0 Å². The number of esters is 1. The topological polar surface area (TPSA) is 103 Å². The number of benzene rings is 1. The highest BCUT2D eigenvalue weighted by Crippen LogP contribution is 2.30. The molecule has 166 valence electrons. The maximum Gasteiger partial charge on any atom is 0.309 e. The molecule has 0 aromatic heterocycles. The first-order valence-electron chi connectivity index (χ1n) is 10.6. The fraction of sp³-hybridized carbons (Fsp3) is 0.682. The summed E-state index contributed by atoms with van der Waals surface area (Å²) in [5.41, 5.74) is 11.0. The molecular formula is C22H33N3O5. The SMILES string of the molecule is CCc1ccc(COC[C@H](N=[N+]=[N-])C2C[C@@H](C(C)C)C(=O)O2)cc1OCCCOC. The number of carbonyl (C=O) groups excluding carboxylic acids is 1. The van der Waals surface area contributed by atoms with Crippen LogP contribution >= 0.6 is 0 Å². The molecule has 1 unspecified atom stereocenters. The molecule has 1 heterocycles. The molecule has 0 N–H and O–H groups in total. The van der Waals surface area contributed by atoms with Crippen molar-refractivity contribution in [3.05, 3.63) is 39.8 Å². The Bertz CT molecular complexity index is 733. The summed E-state index contributed by atoms with van der Waals surface area (Å²) in [5, 5.41) is 3.81.